The molecule has 0 fully saturated rings. The van der Waals surface area contributed by atoms with Gasteiger partial charge in [-0.05, 0) is 18.2 Å². The van der Waals surface area contributed by atoms with Crippen LogP contribution in [0.3, 0.4) is 0 Å². The second-order valence-corrected chi connectivity index (χ2v) is 3.86. The van der Waals surface area contributed by atoms with Gasteiger partial charge in [-0.1, -0.05) is 15.9 Å². The molecule has 1 aromatic rings. The predicted octanol–water partition coefficient (Wildman–Crippen LogP) is 1.90. The summed E-state index contributed by atoms with van der Waals surface area (Å²) in [6.07, 6.45) is 0. The molecular formula is C7H4BrNO2S. The third-order valence-corrected chi connectivity index (χ3v) is 2.46. The molecule has 1 N–H and O–H groups in total. The maximum atomic E-state index is 10.7. The van der Waals surface area contributed by atoms with Gasteiger partial charge < -0.3 is 4.55 Å². The number of rotatable bonds is 1. The lowest BCUT2D eigenvalue weighted by Crippen LogP contribution is -1.92. The fraction of sp³-hybridized carbons (Fsp3) is 0. The van der Waals surface area contributed by atoms with Crippen LogP contribution < -0.4 is 0 Å². The highest BCUT2D eigenvalue weighted by Gasteiger charge is 2.07. The first-order valence-electron chi connectivity index (χ1n) is 2.95. The van der Waals surface area contributed by atoms with Crippen molar-refractivity contribution in [3.8, 4) is 6.07 Å². The normalized spacial score (nSPS) is 12.1. The Labute approximate surface area is 80.4 Å². The number of nitriles is 1. The van der Waals surface area contributed by atoms with Gasteiger partial charge in [-0.25, -0.2) is 4.21 Å². The molecule has 0 saturated heterocycles. The van der Waals surface area contributed by atoms with Gasteiger partial charge in [-0.3, -0.25) is 0 Å². The van der Waals surface area contributed by atoms with Crippen LogP contribution in [-0.4, -0.2) is 8.76 Å². The summed E-state index contributed by atoms with van der Waals surface area (Å²) in [5.74, 6) is 0. The zero-order valence-electron chi connectivity index (χ0n) is 5.82. The first kappa shape index (κ1) is 9.39. The molecule has 0 aliphatic rings. The molecule has 3 nitrogen and oxygen atoms in total. The maximum absolute atomic E-state index is 10.7. The summed E-state index contributed by atoms with van der Waals surface area (Å²) in [5.41, 5.74) is 0.221. The Balaban J connectivity index is 3.34. The summed E-state index contributed by atoms with van der Waals surface area (Å²) < 4.78 is 20.1. The van der Waals surface area contributed by atoms with Crippen molar-refractivity contribution in [2.24, 2.45) is 0 Å². The molecule has 1 rings (SSSR count). The van der Waals surface area contributed by atoms with Crippen LogP contribution in [0.5, 0.6) is 0 Å². The smallest absolute Gasteiger partial charge is 0.187 e. The van der Waals surface area contributed by atoms with Gasteiger partial charge in [0.1, 0.15) is 6.07 Å². The highest BCUT2D eigenvalue weighted by Crippen LogP contribution is 2.18. The van der Waals surface area contributed by atoms with Gasteiger partial charge in [0.25, 0.3) is 0 Å². The Bertz CT molecular complexity index is 372. The Kier molecular flexibility index (Phi) is 2.98. The summed E-state index contributed by atoms with van der Waals surface area (Å²) in [7, 11) is 0. The van der Waals surface area contributed by atoms with Crippen molar-refractivity contribution < 1.29 is 8.76 Å². The molecule has 1 atom stereocenters. The van der Waals surface area contributed by atoms with Crippen molar-refractivity contribution in [1.82, 2.24) is 0 Å². The van der Waals surface area contributed by atoms with Crippen LogP contribution in [-0.2, 0) is 11.1 Å². The Hall–Kier alpha value is -0.700. The molecule has 0 aliphatic heterocycles. The minimum absolute atomic E-state index is 0.131. The topological polar surface area (TPSA) is 61.1 Å². The van der Waals surface area contributed by atoms with Gasteiger partial charge in [-0.2, -0.15) is 5.26 Å². The summed E-state index contributed by atoms with van der Waals surface area (Å²) in [6, 6.07) is 6.42. The molecule has 0 radical (unpaired) electrons. The van der Waals surface area contributed by atoms with Gasteiger partial charge in [0, 0.05) is 4.47 Å². The summed E-state index contributed by atoms with van der Waals surface area (Å²) >= 11 is 1.04. The fourth-order valence-electron chi connectivity index (χ4n) is 0.733. The average Bonchev–Trinajstić information content (AvgIpc) is 2.04. The van der Waals surface area contributed by atoms with E-state index in [1.54, 1.807) is 6.07 Å². The monoisotopic (exact) mass is 245 g/mol. The number of nitrogens with zero attached hydrogens (tertiary/aromatic N) is 1. The minimum atomic E-state index is -2.10. The standard InChI is InChI=1S/C7H4BrNO2S/c8-6-2-1-5(4-9)7(3-6)12(10)11/h1-3H,(H,10,11). The minimum Gasteiger partial charge on any atom is -0.302 e. The second kappa shape index (κ2) is 3.81. The third kappa shape index (κ3) is 1.91. The number of hydrogen-bond acceptors (Lipinski definition) is 2. The zero-order valence-corrected chi connectivity index (χ0v) is 8.22. The summed E-state index contributed by atoms with van der Waals surface area (Å²) in [6.45, 7) is 0. The van der Waals surface area contributed by atoms with E-state index in [2.05, 4.69) is 15.9 Å². The van der Waals surface area contributed by atoms with Crippen molar-refractivity contribution in [3.63, 3.8) is 0 Å². The molecule has 0 spiro atoms. The van der Waals surface area contributed by atoms with Crippen molar-refractivity contribution in [3.05, 3.63) is 28.2 Å². The van der Waals surface area contributed by atoms with Gasteiger partial charge in [-0.15, -0.1) is 0 Å². The highest BCUT2D eigenvalue weighted by atomic mass is 79.9. The van der Waals surface area contributed by atoms with Crippen LogP contribution in [0.15, 0.2) is 27.6 Å². The van der Waals surface area contributed by atoms with Crippen LogP contribution in [0.2, 0.25) is 0 Å². The Morgan fingerprint density at radius 1 is 1.58 bits per heavy atom. The van der Waals surface area contributed by atoms with E-state index in [0.717, 1.165) is 0 Å². The number of hydrogen-bond donors (Lipinski definition) is 1. The molecule has 12 heavy (non-hydrogen) atoms. The number of benzene rings is 1. The lowest BCUT2D eigenvalue weighted by atomic mass is 10.2. The quantitative estimate of drug-likeness (QED) is 0.770. The van der Waals surface area contributed by atoms with E-state index in [-0.39, 0.29) is 10.5 Å². The van der Waals surface area contributed by atoms with E-state index in [4.69, 9.17) is 9.81 Å². The lowest BCUT2D eigenvalue weighted by molar-refractivity contribution is 0.564. The molecule has 0 aromatic heterocycles. The lowest BCUT2D eigenvalue weighted by Gasteiger charge is -1.97. The third-order valence-electron chi connectivity index (χ3n) is 1.25. The van der Waals surface area contributed by atoms with Crippen LogP contribution in [0.4, 0.5) is 0 Å². The highest BCUT2D eigenvalue weighted by molar-refractivity contribution is 9.10. The zero-order chi connectivity index (χ0) is 9.14. The van der Waals surface area contributed by atoms with Crippen LogP contribution in [0.25, 0.3) is 0 Å². The van der Waals surface area contributed by atoms with Gasteiger partial charge in [0.05, 0.1) is 10.5 Å². The first-order valence-corrected chi connectivity index (χ1v) is 4.85. The van der Waals surface area contributed by atoms with Crippen molar-refractivity contribution in [2.45, 2.75) is 4.90 Å². The molecular weight excluding hydrogens is 242 g/mol. The van der Waals surface area contributed by atoms with Crippen LogP contribution >= 0.6 is 15.9 Å². The van der Waals surface area contributed by atoms with Crippen LogP contribution in [0.1, 0.15) is 5.56 Å². The molecule has 0 aliphatic carbocycles. The molecule has 0 heterocycles. The van der Waals surface area contributed by atoms with Crippen molar-refractivity contribution in [1.29, 1.82) is 5.26 Å². The summed E-state index contributed by atoms with van der Waals surface area (Å²) in [5, 5.41) is 8.55. The van der Waals surface area contributed by atoms with Crippen molar-refractivity contribution >= 4 is 27.0 Å². The summed E-state index contributed by atoms with van der Waals surface area (Å²) in [4.78, 5) is 0.131. The average molecular weight is 246 g/mol. The predicted molar refractivity (Wildman–Crippen MR) is 47.9 cm³/mol. The van der Waals surface area contributed by atoms with E-state index in [0.29, 0.717) is 4.47 Å². The molecule has 0 amide bonds. The van der Waals surface area contributed by atoms with E-state index in [9.17, 15) is 4.21 Å². The first-order chi connectivity index (χ1) is 5.65. The Morgan fingerprint density at radius 3 is 2.75 bits per heavy atom. The molecule has 5 heteroatoms. The largest absolute Gasteiger partial charge is 0.302 e. The van der Waals surface area contributed by atoms with E-state index in [1.807, 2.05) is 6.07 Å². The molecule has 0 bridgehead atoms. The van der Waals surface area contributed by atoms with E-state index in [1.165, 1.54) is 12.1 Å². The molecule has 62 valence electrons. The fourth-order valence-corrected chi connectivity index (χ4v) is 1.78. The molecule has 1 aromatic carbocycles. The molecule has 1 unspecified atom stereocenters. The van der Waals surface area contributed by atoms with Crippen molar-refractivity contribution in [2.75, 3.05) is 0 Å². The number of halogens is 1. The Morgan fingerprint density at radius 2 is 2.25 bits per heavy atom. The second-order valence-electron chi connectivity index (χ2n) is 2.00. The van der Waals surface area contributed by atoms with E-state index < -0.39 is 11.1 Å². The van der Waals surface area contributed by atoms with E-state index >= 15 is 0 Å². The van der Waals surface area contributed by atoms with Gasteiger partial charge in [0.2, 0.25) is 0 Å². The van der Waals surface area contributed by atoms with Gasteiger partial charge >= 0.3 is 0 Å². The molecule has 0 saturated carbocycles. The van der Waals surface area contributed by atoms with Gasteiger partial charge in [0.15, 0.2) is 11.1 Å². The van der Waals surface area contributed by atoms with Crippen LogP contribution in [0, 0.1) is 11.3 Å². The SMILES string of the molecule is N#Cc1ccc(Br)cc1S(=O)O. The maximum Gasteiger partial charge on any atom is 0.187 e.